The van der Waals surface area contributed by atoms with Gasteiger partial charge in [-0.2, -0.15) is 0 Å². The van der Waals surface area contributed by atoms with Gasteiger partial charge in [-0.1, -0.05) is 19.1 Å². The number of rotatable bonds is 3. The van der Waals surface area contributed by atoms with Gasteiger partial charge in [-0.25, -0.2) is 0 Å². The van der Waals surface area contributed by atoms with Crippen molar-refractivity contribution in [3.63, 3.8) is 0 Å². The molecule has 1 heterocycles. The molecular formula is C15H20N2O2. The van der Waals surface area contributed by atoms with Crippen molar-refractivity contribution in [2.24, 2.45) is 0 Å². The summed E-state index contributed by atoms with van der Waals surface area (Å²) in [6.07, 6.45) is 1.57. The fourth-order valence-corrected chi connectivity index (χ4v) is 2.55. The van der Waals surface area contributed by atoms with E-state index in [9.17, 15) is 9.59 Å². The number of likely N-dealkylation sites (tertiary alicyclic amines) is 1. The van der Waals surface area contributed by atoms with E-state index in [4.69, 9.17) is 5.73 Å². The Bertz CT molecular complexity index is 481. The Kier molecular flexibility index (Phi) is 3.88. The molecule has 1 aliphatic heterocycles. The summed E-state index contributed by atoms with van der Waals surface area (Å²) in [6.45, 7) is 3.89. The number of imide groups is 1. The standard InChI is InChI=1S/C15H20N2O2/c1-3-10(2)17-14(18)8-12(9-15(17)19)11-5-4-6-13(16)7-11/h4-7,10,12H,3,8-9,16H2,1-2H3. The van der Waals surface area contributed by atoms with Gasteiger partial charge in [-0.15, -0.1) is 0 Å². The van der Waals surface area contributed by atoms with Gasteiger partial charge in [-0.05, 0) is 31.0 Å². The average Bonchev–Trinajstić information content (AvgIpc) is 2.37. The van der Waals surface area contributed by atoms with E-state index in [1.807, 2.05) is 32.0 Å². The summed E-state index contributed by atoms with van der Waals surface area (Å²) >= 11 is 0. The van der Waals surface area contributed by atoms with Crippen molar-refractivity contribution in [2.75, 3.05) is 5.73 Å². The fourth-order valence-electron chi connectivity index (χ4n) is 2.55. The number of carbonyl (C=O) groups is 2. The highest BCUT2D eigenvalue weighted by Crippen LogP contribution is 2.31. The smallest absolute Gasteiger partial charge is 0.230 e. The van der Waals surface area contributed by atoms with Gasteiger partial charge in [0, 0.05) is 30.5 Å². The van der Waals surface area contributed by atoms with Crippen molar-refractivity contribution in [1.29, 1.82) is 0 Å². The first kappa shape index (κ1) is 13.6. The van der Waals surface area contributed by atoms with Crippen molar-refractivity contribution in [1.82, 2.24) is 4.90 Å². The Hall–Kier alpha value is -1.84. The zero-order chi connectivity index (χ0) is 14.0. The summed E-state index contributed by atoms with van der Waals surface area (Å²) in [7, 11) is 0. The van der Waals surface area contributed by atoms with Gasteiger partial charge in [0.25, 0.3) is 0 Å². The van der Waals surface area contributed by atoms with Crippen LogP contribution in [0.4, 0.5) is 5.69 Å². The van der Waals surface area contributed by atoms with Crippen LogP contribution in [0.2, 0.25) is 0 Å². The third-order valence-corrected chi connectivity index (χ3v) is 3.79. The van der Waals surface area contributed by atoms with Crippen LogP contribution in [0.3, 0.4) is 0 Å². The SMILES string of the molecule is CCC(C)N1C(=O)CC(c2cccc(N)c2)CC1=O. The molecule has 1 aromatic carbocycles. The lowest BCUT2D eigenvalue weighted by Crippen LogP contribution is -2.47. The fraction of sp³-hybridized carbons (Fsp3) is 0.467. The number of amides is 2. The van der Waals surface area contributed by atoms with Crippen LogP contribution in [-0.2, 0) is 9.59 Å². The predicted molar refractivity (Wildman–Crippen MR) is 74.4 cm³/mol. The van der Waals surface area contributed by atoms with E-state index >= 15 is 0 Å². The maximum Gasteiger partial charge on any atom is 0.230 e. The molecule has 1 unspecified atom stereocenters. The Balaban J connectivity index is 2.18. The van der Waals surface area contributed by atoms with Crippen molar-refractivity contribution < 1.29 is 9.59 Å². The summed E-state index contributed by atoms with van der Waals surface area (Å²) < 4.78 is 0. The number of nitrogens with zero attached hydrogens (tertiary/aromatic N) is 1. The topological polar surface area (TPSA) is 63.4 Å². The van der Waals surface area contributed by atoms with Crippen LogP contribution < -0.4 is 5.73 Å². The van der Waals surface area contributed by atoms with Crippen LogP contribution >= 0.6 is 0 Å². The molecule has 2 N–H and O–H groups in total. The van der Waals surface area contributed by atoms with Gasteiger partial charge >= 0.3 is 0 Å². The Morgan fingerprint density at radius 3 is 2.47 bits per heavy atom. The van der Waals surface area contributed by atoms with Crippen molar-refractivity contribution in [2.45, 2.75) is 45.1 Å². The second-order valence-electron chi connectivity index (χ2n) is 5.19. The number of anilines is 1. The molecule has 0 aliphatic carbocycles. The molecule has 4 nitrogen and oxygen atoms in total. The third kappa shape index (κ3) is 2.78. The lowest BCUT2D eigenvalue weighted by atomic mass is 9.87. The number of hydrogen-bond acceptors (Lipinski definition) is 3. The van der Waals surface area contributed by atoms with Crippen LogP contribution in [0.5, 0.6) is 0 Å². The summed E-state index contributed by atoms with van der Waals surface area (Å²) in [5.41, 5.74) is 7.40. The minimum Gasteiger partial charge on any atom is -0.399 e. The lowest BCUT2D eigenvalue weighted by Gasteiger charge is -2.34. The third-order valence-electron chi connectivity index (χ3n) is 3.79. The van der Waals surface area contributed by atoms with E-state index < -0.39 is 0 Å². The summed E-state index contributed by atoms with van der Waals surface area (Å²) in [5.74, 6) is -0.181. The van der Waals surface area contributed by atoms with Gasteiger partial charge in [0.15, 0.2) is 0 Å². The minimum absolute atomic E-state index is 0.0122. The molecular weight excluding hydrogens is 240 g/mol. The maximum absolute atomic E-state index is 12.1. The summed E-state index contributed by atoms with van der Waals surface area (Å²) in [6, 6.07) is 7.44. The number of benzene rings is 1. The molecule has 1 aliphatic rings. The monoisotopic (exact) mass is 260 g/mol. The maximum atomic E-state index is 12.1. The number of carbonyl (C=O) groups excluding carboxylic acids is 2. The van der Waals surface area contributed by atoms with Gasteiger partial charge in [0.1, 0.15) is 0 Å². The summed E-state index contributed by atoms with van der Waals surface area (Å²) in [4.78, 5) is 25.7. The average molecular weight is 260 g/mol. The Morgan fingerprint density at radius 2 is 1.95 bits per heavy atom. The van der Waals surface area contributed by atoms with Crippen LogP contribution in [-0.4, -0.2) is 22.8 Å². The largest absolute Gasteiger partial charge is 0.399 e. The van der Waals surface area contributed by atoms with Crippen LogP contribution in [0.15, 0.2) is 24.3 Å². The molecule has 1 atom stereocenters. The molecule has 102 valence electrons. The molecule has 19 heavy (non-hydrogen) atoms. The second-order valence-corrected chi connectivity index (χ2v) is 5.19. The van der Waals surface area contributed by atoms with Crippen LogP contribution in [0.1, 0.15) is 44.6 Å². The molecule has 0 bridgehead atoms. The van der Waals surface area contributed by atoms with Crippen molar-refractivity contribution in [3.8, 4) is 0 Å². The Morgan fingerprint density at radius 1 is 1.32 bits per heavy atom. The van der Waals surface area contributed by atoms with Crippen LogP contribution in [0.25, 0.3) is 0 Å². The van der Waals surface area contributed by atoms with Gasteiger partial charge < -0.3 is 5.73 Å². The Labute approximate surface area is 113 Å². The molecule has 2 amide bonds. The van der Waals surface area contributed by atoms with Crippen LogP contribution in [0, 0.1) is 0 Å². The number of nitrogen functional groups attached to an aromatic ring is 1. The zero-order valence-corrected chi connectivity index (χ0v) is 11.4. The summed E-state index contributed by atoms with van der Waals surface area (Å²) in [5, 5.41) is 0. The second kappa shape index (κ2) is 5.43. The first-order chi connectivity index (χ1) is 9.02. The number of hydrogen-bond donors (Lipinski definition) is 1. The molecule has 1 fully saturated rings. The molecule has 0 radical (unpaired) electrons. The molecule has 1 aromatic rings. The molecule has 1 saturated heterocycles. The predicted octanol–water partition coefficient (Wildman–Crippen LogP) is 2.30. The van der Waals surface area contributed by atoms with E-state index in [0.717, 1.165) is 12.0 Å². The highest BCUT2D eigenvalue weighted by atomic mass is 16.2. The highest BCUT2D eigenvalue weighted by molar-refractivity contribution is 5.99. The minimum atomic E-state index is -0.0713. The van der Waals surface area contributed by atoms with Crippen molar-refractivity contribution >= 4 is 17.5 Å². The molecule has 0 saturated carbocycles. The highest BCUT2D eigenvalue weighted by Gasteiger charge is 2.35. The van der Waals surface area contributed by atoms with Gasteiger partial charge in [0.2, 0.25) is 11.8 Å². The lowest BCUT2D eigenvalue weighted by molar-refractivity contribution is -0.151. The molecule has 0 spiro atoms. The first-order valence-corrected chi connectivity index (χ1v) is 6.73. The zero-order valence-electron chi connectivity index (χ0n) is 11.4. The van der Waals surface area contributed by atoms with Gasteiger partial charge in [-0.3, -0.25) is 14.5 Å². The number of nitrogens with two attached hydrogens (primary N) is 1. The first-order valence-electron chi connectivity index (χ1n) is 6.73. The van der Waals surface area contributed by atoms with E-state index in [-0.39, 0.29) is 23.8 Å². The molecule has 2 rings (SSSR count). The van der Waals surface area contributed by atoms with Crippen molar-refractivity contribution in [3.05, 3.63) is 29.8 Å². The molecule has 0 aromatic heterocycles. The quantitative estimate of drug-likeness (QED) is 0.670. The number of piperidine rings is 1. The molecule has 4 heteroatoms. The van der Waals surface area contributed by atoms with E-state index in [0.29, 0.717) is 18.5 Å². The van der Waals surface area contributed by atoms with E-state index in [2.05, 4.69) is 0 Å². The van der Waals surface area contributed by atoms with Gasteiger partial charge in [0.05, 0.1) is 0 Å². The van der Waals surface area contributed by atoms with E-state index in [1.54, 1.807) is 6.07 Å². The normalized spacial score (nSPS) is 18.7. The van der Waals surface area contributed by atoms with E-state index in [1.165, 1.54) is 4.90 Å².